The molecular formula is C22H23ClN2O4S. The molecule has 30 heavy (non-hydrogen) atoms. The number of aromatic nitrogens is 1. The molecule has 1 amide bonds. The van der Waals surface area contributed by atoms with Crippen molar-refractivity contribution in [1.82, 2.24) is 10.3 Å². The van der Waals surface area contributed by atoms with Crippen molar-refractivity contribution in [3.63, 3.8) is 0 Å². The van der Waals surface area contributed by atoms with Crippen LogP contribution in [-0.4, -0.2) is 31.2 Å². The fraction of sp³-hybridized carbons (Fsp3) is 0.273. The van der Waals surface area contributed by atoms with Gasteiger partial charge in [0.2, 0.25) is 0 Å². The Morgan fingerprint density at radius 1 is 1.10 bits per heavy atom. The van der Waals surface area contributed by atoms with E-state index in [9.17, 15) is 4.79 Å². The van der Waals surface area contributed by atoms with E-state index in [0.717, 1.165) is 16.3 Å². The normalized spacial score (nSPS) is 10.6. The number of thiazole rings is 1. The lowest BCUT2D eigenvalue weighted by Gasteiger charge is -2.08. The first-order chi connectivity index (χ1) is 14.5. The molecule has 1 N–H and O–H groups in total. The molecule has 0 atom stereocenters. The number of methoxy groups -OCH3 is 1. The smallest absolute Gasteiger partial charge is 0.263 e. The first-order valence-electron chi connectivity index (χ1n) is 9.38. The van der Waals surface area contributed by atoms with Crippen LogP contribution < -0.4 is 14.8 Å². The summed E-state index contributed by atoms with van der Waals surface area (Å²) in [4.78, 5) is 17.6. The van der Waals surface area contributed by atoms with Crippen molar-refractivity contribution in [2.45, 2.75) is 20.1 Å². The minimum atomic E-state index is -0.159. The van der Waals surface area contributed by atoms with Gasteiger partial charge in [0.25, 0.3) is 5.91 Å². The standard InChI is InChI=1S/C22H23ClN2O4S/c1-15-21(30-20(25-15)14-29-18-8-6-17(23)7-9-18)22(26)24-13-16-4-3-5-19(12-16)28-11-10-27-2/h3-9,12H,10-11,13-14H2,1-2H3,(H,24,26). The number of nitrogens with one attached hydrogen (secondary N) is 1. The van der Waals surface area contributed by atoms with E-state index in [2.05, 4.69) is 10.3 Å². The third-order valence-electron chi connectivity index (χ3n) is 4.13. The van der Waals surface area contributed by atoms with Crippen LogP contribution in [0.1, 0.15) is 25.9 Å². The number of hydrogen-bond donors (Lipinski definition) is 1. The molecular weight excluding hydrogens is 424 g/mol. The maximum absolute atomic E-state index is 12.6. The first-order valence-corrected chi connectivity index (χ1v) is 10.6. The Balaban J connectivity index is 1.54. The maximum atomic E-state index is 12.6. The number of rotatable bonds is 10. The van der Waals surface area contributed by atoms with E-state index in [1.54, 1.807) is 31.4 Å². The second-order valence-corrected chi connectivity index (χ2v) is 7.96. The first kappa shape index (κ1) is 22.1. The predicted octanol–water partition coefficient (Wildman–Crippen LogP) is 4.64. The Hall–Kier alpha value is -2.61. The lowest BCUT2D eigenvalue weighted by atomic mass is 10.2. The van der Waals surface area contributed by atoms with Crippen molar-refractivity contribution in [2.75, 3.05) is 20.3 Å². The van der Waals surface area contributed by atoms with Crippen molar-refractivity contribution in [1.29, 1.82) is 0 Å². The largest absolute Gasteiger partial charge is 0.491 e. The van der Waals surface area contributed by atoms with Gasteiger partial charge in [-0.05, 0) is 48.9 Å². The molecule has 8 heteroatoms. The van der Waals surface area contributed by atoms with Crippen LogP contribution in [0.3, 0.4) is 0 Å². The van der Waals surface area contributed by atoms with Gasteiger partial charge in [-0.2, -0.15) is 0 Å². The molecule has 1 heterocycles. The zero-order valence-electron chi connectivity index (χ0n) is 16.8. The number of halogens is 1. The van der Waals surface area contributed by atoms with Gasteiger partial charge in [-0.1, -0.05) is 23.7 Å². The molecule has 0 spiro atoms. The van der Waals surface area contributed by atoms with Crippen molar-refractivity contribution < 1.29 is 19.0 Å². The van der Waals surface area contributed by atoms with Gasteiger partial charge in [-0.15, -0.1) is 11.3 Å². The summed E-state index contributed by atoms with van der Waals surface area (Å²) >= 11 is 7.21. The van der Waals surface area contributed by atoms with Crippen LogP contribution in [0, 0.1) is 6.92 Å². The summed E-state index contributed by atoms with van der Waals surface area (Å²) in [6.07, 6.45) is 0. The van der Waals surface area contributed by atoms with Crippen LogP contribution in [0.5, 0.6) is 11.5 Å². The van der Waals surface area contributed by atoms with Crippen molar-refractivity contribution in [3.8, 4) is 11.5 Å². The van der Waals surface area contributed by atoms with Crippen molar-refractivity contribution in [2.24, 2.45) is 0 Å². The number of aryl methyl sites for hydroxylation is 1. The molecule has 0 unspecified atom stereocenters. The average Bonchev–Trinajstić information content (AvgIpc) is 3.13. The number of carbonyl (C=O) groups is 1. The van der Waals surface area contributed by atoms with Crippen LogP contribution in [0.2, 0.25) is 5.02 Å². The van der Waals surface area contributed by atoms with Gasteiger partial charge >= 0.3 is 0 Å². The molecule has 1 aromatic heterocycles. The maximum Gasteiger partial charge on any atom is 0.263 e. The van der Waals surface area contributed by atoms with Crippen LogP contribution in [-0.2, 0) is 17.9 Å². The van der Waals surface area contributed by atoms with Crippen LogP contribution in [0.4, 0.5) is 0 Å². The van der Waals surface area contributed by atoms with E-state index >= 15 is 0 Å². The summed E-state index contributed by atoms with van der Waals surface area (Å²) in [6, 6.07) is 14.7. The monoisotopic (exact) mass is 446 g/mol. The van der Waals surface area contributed by atoms with Crippen LogP contribution >= 0.6 is 22.9 Å². The summed E-state index contributed by atoms with van der Waals surface area (Å²) in [5.74, 6) is 1.29. The van der Waals surface area contributed by atoms with E-state index in [-0.39, 0.29) is 5.91 Å². The number of benzene rings is 2. The van der Waals surface area contributed by atoms with E-state index in [1.807, 2.05) is 31.2 Å². The highest BCUT2D eigenvalue weighted by Gasteiger charge is 2.15. The van der Waals surface area contributed by atoms with Gasteiger partial charge in [0, 0.05) is 18.7 Å². The number of nitrogens with zero attached hydrogens (tertiary/aromatic N) is 1. The molecule has 0 saturated carbocycles. The van der Waals surface area contributed by atoms with Gasteiger partial charge in [-0.3, -0.25) is 4.79 Å². The summed E-state index contributed by atoms with van der Waals surface area (Å²) < 4.78 is 16.3. The van der Waals surface area contributed by atoms with Gasteiger partial charge in [0.15, 0.2) is 0 Å². The van der Waals surface area contributed by atoms with Crippen molar-refractivity contribution >= 4 is 28.8 Å². The Morgan fingerprint density at radius 3 is 2.67 bits per heavy atom. The number of hydrogen-bond acceptors (Lipinski definition) is 6. The second kappa shape index (κ2) is 11.0. The highest BCUT2D eigenvalue weighted by atomic mass is 35.5. The fourth-order valence-electron chi connectivity index (χ4n) is 2.65. The van der Waals surface area contributed by atoms with Gasteiger partial charge < -0.3 is 19.5 Å². The van der Waals surface area contributed by atoms with E-state index in [0.29, 0.717) is 47.7 Å². The second-order valence-electron chi connectivity index (χ2n) is 6.44. The summed E-state index contributed by atoms with van der Waals surface area (Å²) in [5.41, 5.74) is 1.63. The molecule has 3 aromatic rings. The topological polar surface area (TPSA) is 69.7 Å². The van der Waals surface area contributed by atoms with E-state index in [4.69, 9.17) is 25.8 Å². The summed E-state index contributed by atoms with van der Waals surface area (Å²) in [7, 11) is 1.63. The molecule has 158 valence electrons. The highest BCUT2D eigenvalue weighted by molar-refractivity contribution is 7.13. The molecule has 6 nitrogen and oxygen atoms in total. The molecule has 0 aliphatic rings. The highest BCUT2D eigenvalue weighted by Crippen LogP contribution is 2.22. The Morgan fingerprint density at radius 2 is 1.90 bits per heavy atom. The molecule has 0 bridgehead atoms. The third-order valence-corrected chi connectivity index (χ3v) is 5.51. The van der Waals surface area contributed by atoms with Gasteiger partial charge in [-0.25, -0.2) is 4.98 Å². The van der Waals surface area contributed by atoms with Crippen molar-refractivity contribution in [3.05, 3.63) is 74.7 Å². The van der Waals surface area contributed by atoms with E-state index in [1.165, 1.54) is 11.3 Å². The van der Waals surface area contributed by atoms with Gasteiger partial charge in [0.1, 0.15) is 34.6 Å². The lowest BCUT2D eigenvalue weighted by molar-refractivity contribution is 0.0954. The summed E-state index contributed by atoms with van der Waals surface area (Å²) in [6.45, 7) is 3.51. The van der Waals surface area contributed by atoms with E-state index < -0.39 is 0 Å². The molecule has 3 rings (SSSR count). The van der Waals surface area contributed by atoms with Crippen LogP contribution in [0.25, 0.3) is 0 Å². The molecule has 0 aliphatic heterocycles. The molecule has 0 saturated heterocycles. The number of carbonyl (C=O) groups excluding carboxylic acids is 1. The van der Waals surface area contributed by atoms with Gasteiger partial charge in [0.05, 0.1) is 12.3 Å². The number of ether oxygens (including phenoxy) is 3. The minimum Gasteiger partial charge on any atom is -0.491 e. The predicted molar refractivity (Wildman–Crippen MR) is 118 cm³/mol. The minimum absolute atomic E-state index is 0.159. The third kappa shape index (κ3) is 6.45. The number of amides is 1. The summed E-state index contributed by atoms with van der Waals surface area (Å²) in [5, 5.41) is 4.33. The molecule has 0 fully saturated rings. The van der Waals surface area contributed by atoms with Crippen LogP contribution in [0.15, 0.2) is 48.5 Å². The Labute approximate surface area is 184 Å². The Bertz CT molecular complexity index is 976. The zero-order chi connectivity index (χ0) is 21.3. The SMILES string of the molecule is COCCOc1cccc(CNC(=O)c2sc(COc3ccc(Cl)cc3)nc2C)c1. The molecule has 2 aromatic carbocycles. The fourth-order valence-corrected chi connectivity index (χ4v) is 3.67. The zero-order valence-corrected chi connectivity index (χ0v) is 18.4. The molecule has 0 radical (unpaired) electrons. The average molecular weight is 447 g/mol. The lowest BCUT2D eigenvalue weighted by Crippen LogP contribution is -2.22. The quantitative estimate of drug-likeness (QED) is 0.459. The molecule has 0 aliphatic carbocycles. The Kier molecular flexibility index (Phi) is 8.07.